The van der Waals surface area contributed by atoms with Crippen LogP contribution in [-0.2, 0) is 0 Å². The summed E-state index contributed by atoms with van der Waals surface area (Å²) in [6, 6.07) is 145. The molecule has 0 atom stereocenters. The first-order valence-electron chi connectivity index (χ1n) is 42.7. The predicted octanol–water partition coefficient (Wildman–Crippen LogP) is 16.3. The normalized spacial score (nSPS) is 15.3. The minimum atomic E-state index is -2.06. The second-order valence-corrected chi connectivity index (χ2v) is 40.3. The Labute approximate surface area is 699 Å². The number of hydrogen-bond donors (Lipinski definition) is 1. The molecular formula is C105H77B8N5P-. The van der Waals surface area contributed by atoms with Crippen LogP contribution in [0.4, 0.5) is 73.9 Å². The van der Waals surface area contributed by atoms with Gasteiger partial charge in [-0.05, 0) is 160 Å². The van der Waals surface area contributed by atoms with Crippen molar-refractivity contribution in [1.29, 1.82) is 0 Å². The molecule has 12 aliphatic heterocycles. The molecule has 0 amide bonds. The third kappa shape index (κ3) is 9.62. The van der Waals surface area contributed by atoms with E-state index >= 15 is 0 Å². The van der Waals surface area contributed by atoms with Gasteiger partial charge in [-0.1, -0.05) is 233 Å². The van der Waals surface area contributed by atoms with E-state index in [0.717, 1.165) is 18.6 Å². The number of aryl methyl sites for hydroxylation is 3. The molecular weight excluding hydrogens is 1450 g/mol. The van der Waals surface area contributed by atoms with E-state index in [0.29, 0.717) is 26.9 Å². The first kappa shape index (κ1) is 68.9. The molecule has 119 heavy (non-hydrogen) atoms. The van der Waals surface area contributed by atoms with Gasteiger partial charge in [0.05, 0.1) is 0 Å². The van der Waals surface area contributed by atoms with Crippen molar-refractivity contribution in [3.8, 4) is 44.5 Å². The van der Waals surface area contributed by atoms with Gasteiger partial charge in [-0.25, -0.2) is 0 Å². The number of fused-ring (bicyclic) bond motifs is 20. The molecule has 0 unspecified atom stereocenters. The number of benzene rings is 17. The molecule has 1 N–H and O–H groups in total. The summed E-state index contributed by atoms with van der Waals surface area (Å²) in [4.78, 5) is 9.77. The van der Waals surface area contributed by atoms with Gasteiger partial charge in [0, 0.05) is 51.2 Å². The fraction of sp³-hybridized carbons (Fsp3) is 0.0286. The van der Waals surface area contributed by atoms with Crippen molar-refractivity contribution in [2.24, 2.45) is 0 Å². The molecule has 5 nitrogen and oxygen atoms in total. The fourth-order valence-corrected chi connectivity index (χ4v) is 34.9. The molecule has 12 aliphatic rings. The van der Waals surface area contributed by atoms with Crippen LogP contribution in [0, 0.1) is 20.8 Å². The molecule has 17 aromatic carbocycles. The van der Waals surface area contributed by atoms with Crippen molar-refractivity contribution < 1.29 is 0 Å². The summed E-state index contributed by atoms with van der Waals surface area (Å²) in [6.07, 6.45) is 0.941. The monoisotopic (exact) mass is 1530 g/mol. The van der Waals surface area contributed by atoms with Crippen molar-refractivity contribution in [2.75, 3.05) is 24.7 Å². The van der Waals surface area contributed by atoms with Crippen LogP contribution in [0.5, 0.6) is 0 Å². The van der Waals surface area contributed by atoms with Gasteiger partial charge in [0.25, 0.3) is 0 Å². The average Bonchev–Trinajstić information content (AvgIpc) is 1.35. The minimum absolute atomic E-state index is 0.216. The molecule has 0 aliphatic carbocycles. The van der Waals surface area contributed by atoms with Crippen LogP contribution >= 0.6 is 6.39 Å². The summed E-state index contributed by atoms with van der Waals surface area (Å²) in [5.41, 5.74) is 49.3. The number of para-hydroxylation sites is 7. The van der Waals surface area contributed by atoms with E-state index in [1.807, 2.05) is 0 Å². The van der Waals surface area contributed by atoms with Crippen LogP contribution in [0.2, 0.25) is 0 Å². The van der Waals surface area contributed by atoms with Crippen molar-refractivity contribution >= 4 is 204 Å². The topological polar surface area (TPSA) is 25.0 Å². The summed E-state index contributed by atoms with van der Waals surface area (Å²) in [5.74, 6) is 0. The van der Waals surface area contributed by atoms with Crippen LogP contribution in [0.3, 0.4) is 0 Å². The maximum absolute atomic E-state index is 4.32. The first-order valence-corrected chi connectivity index (χ1v) is 45.2. The summed E-state index contributed by atoms with van der Waals surface area (Å²) >= 11 is 0. The zero-order valence-corrected chi connectivity index (χ0v) is 67.7. The fourth-order valence-electron chi connectivity index (χ4n) is 24.4. The molecule has 14 heteroatoms. The Morgan fingerprint density at radius 3 is 1.09 bits per heavy atom. The third-order valence-electron chi connectivity index (χ3n) is 29.2. The van der Waals surface area contributed by atoms with Gasteiger partial charge in [0.1, 0.15) is 0 Å². The van der Waals surface area contributed by atoms with Crippen LogP contribution in [-0.4, -0.2) is 52.6 Å². The molecule has 12 heterocycles. The molecule has 0 spiro atoms. The Hall–Kier alpha value is -13.3. The van der Waals surface area contributed by atoms with E-state index in [9.17, 15) is 0 Å². The van der Waals surface area contributed by atoms with Crippen molar-refractivity contribution in [1.82, 2.24) is 0 Å². The Balaban J connectivity index is 0.0000000893. The summed E-state index contributed by atoms with van der Waals surface area (Å²) < 4.78 is 0. The SMILES string of the molecule is Cc1ccc2c(c1)-c1cccc3c1B2c1ccccc1N3c1ccccc1.Cc1ccc2c(c1)B1c3ccccc3-c3cccc(c31)N2c1ccccc1.Cc1cccc2c1B1c3ccccc3-c3cccc(c31)N2c1ccccc1.[BH2-]1B2B3B1P23(Nc1ccccc1)c1cccc2c1-c1cccc3c1B2c1ccccc1N3c1ccccc1. The quantitative estimate of drug-likeness (QED) is 0.127. The molecule has 0 saturated carbocycles. The van der Waals surface area contributed by atoms with E-state index in [-0.39, 0.29) is 7.06 Å². The summed E-state index contributed by atoms with van der Waals surface area (Å²) in [6.45, 7) is 7.88. The Bertz CT molecular complexity index is 7100. The van der Waals surface area contributed by atoms with Gasteiger partial charge in [-0.3, -0.25) is 0 Å². The summed E-state index contributed by atoms with van der Waals surface area (Å²) in [7, 11) is 0.216. The second kappa shape index (κ2) is 26.1. The molecule has 0 aromatic heterocycles. The van der Waals surface area contributed by atoms with Crippen LogP contribution in [0.25, 0.3) is 44.5 Å². The van der Waals surface area contributed by atoms with Gasteiger partial charge in [0.2, 0.25) is 20.1 Å². The van der Waals surface area contributed by atoms with Gasteiger partial charge >= 0.3 is 226 Å². The van der Waals surface area contributed by atoms with Crippen molar-refractivity contribution in [2.45, 2.75) is 20.8 Å². The number of nitrogens with zero attached hydrogens (tertiary/aromatic N) is 4. The average molecular weight is 1530 g/mol. The molecule has 2 bridgehead atoms. The predicted molar refractivity (Wildman–Crippen MR) is 522 cm³/mol. The van der Waals surface area contributed by atoms with E-state index in [1.54, 1.807) is 10.9 Å². The van der Waals surface area contributed by atoms with Crippen LogP contribution in [0.1, 0.15) is 16.7 Å². The van der Waals surface area contributed by atoms with Crippen molar-refractivity contribution in [3.05, 3.63) is 411 Å². The molecule has 4 saturated heterocycles. The zero-order chi connectivity index (χ0) is 78.5. The van der Waals surface area contributed by atoms with E-state index < -0.39 is 6.39 Å². The zero-order valence-electron chi connectivity index (χ0n) is 66.8. The third-order valence-corrected chi connectivity index (χ3v) is 37.7. The Morgan fingerprint density at radius 2 is 0.580 bits per heavy atom. The number of anilines is 13. The second-order valence-electron chi connectivity index (χ2n) is 34.7. The van der Waals surface area contributed by atoms with Gasteiger partial charge in [0.15, 0.2) is 0 Å². The molecule has 17 aromatic rings. The Kier molecular flexibility index (Phi) is 15.1. The maximum atomic E-state index is 4.32. The van der Waals surface area contributed by atoms with Crippen LogP contribution in [0.15, 0.2) is 394 Å². The Morgan fingerprint density at radius 1 is 0.244 bits per heavy atom. The van der Waals surface area contributed by atoms with Crippen molar-refractivity contribution in [3.63, 3.8) is 0 Å². The van der Waals surface area contributed by atoms with Gasteiger partial charge in [-0.15, -0.1) is 0 Å². The number of hydrogen-bond acceptors (Lipinski definition) is 5. The molecule has 4 fully saturated rings. The number of nitrogens with one attached hydrogen (secondary N) is 1. The van der Waals surface area contributed by atoms with Gasteiger partial charge in [-0.2, -0.15) is 0 Å². The standard InChI is InChI=1S/C30H23B5N2P.3C25H18BN/c1-3-11-21(12-4-1)36-38(33-31-34(38)35(33)38)28-20-10-17-25-29(28)23-15-9-19-27-30(23)32(25)24-16-7-8-18-26(24)37(27)22-13-5-2-6-14-22;1-17-9-7-15-22-24(17)26-21-14-6-5-12-19(21)20-13-8-16-23(25(20)26)27(22)18-10-3-2-4-11-18;1-17-14-15-21-20(16-17)19-10-7-13-24-25(19)26(21)22-11-5-6-12-23(22)27(24)18-8-3-2-4-9-18;1-17-14-15-23-22(16-17)26-21-12-6-5-10-19(21)20-11-7-13-24(25(20)26)27(23)18-8-3-2-4-9-18/h1-20,36H,31H2;3*2-16H,1H3/q-1;;;. The number of rotatable bonds is 7. The first-order chi connectivity index (χ1) is 58.8. The molecule has 0 radical (unpaired) electrons. The molecule has 552 valence electrons. The van der Waals surface area contributed by atoms with E-state index in [1.165, 1.54) is 195 Å². The van der Waals surface area contributed by atoms with E-state index in [4.69, 9.17) is 0 Å². The van der Waals surface area contributed by atoms with Gasteiger partial charge < -0.3 is 14.7 Å². The summed E-state index contributed by atoms with van der Waals surface area (Å²) in [5, 5.41) is 6.03. The van der Waals surface area contributed by atoms with Crippen LogP contribution < -0.4 is 95.5 Å². The molecule has 29 rings (SSSR count). The van der Waals surface area contributed by atoms with E-state index in [2.05, 4.69) is 440 Å².